The summed E-state index contributed by atoms with van der Waals surface area (Å²) in [7, 11) is 0. The van der Waals surface area contributed by atoms with E-state index in [4.69, 9.17) is 11.6 Å². The number of benzene rings is 1. The minimum Gasteiger partial charge on any atom is -0.279 e. The van der Waals surface area contributed by atoms with Gasteiger partial charge in [-0.2, -0.15) is 0 Å². The Balaban J connectivity index is 2.17. The molecular weight excluding hydrogens is 328 g/mol. The molecule has 3 rings (SSSR count). The van der Waals surface area contributed by atoms with Gasteiger partial charge < -0.3 is 0 Å². The summed E-state index contributed by atoms with van der Waals surface area (Å²) in [5, 5.41) is 4.81. The molecule has 0 N–H and O–H groups in total. The van der Waals surface area contributed by atoms with Crippen molar-refractivity contribution < 1.29 is 0 Å². The zero-order valence-corrected chi connectivity index (χ0v) is 14.6. The van der Waals surface area contributed by atoms with E-state index in [0.29, 0.717) is 23.2 Å². The van der Waals surface area contributed by atoms with Crippen molar-refractivity contribution in [2.24, 2.45) is 5.92 Å². The van der Waals surface area contributed by atoms with Gasteiger partial charge in [-0.1, -0.05) is 31.5 Å². The van der Waals surface area contributed by atoms with Gasteiger partial charge in [0.1, 0.15) is 0 Å². The summed E-state index contributed by atoms with van der Waals surface area (Å²) in [5.41, 5.74) is 0.956. The van der Waals surface area contributed by atoms with Gasteiger partial charge in [0.2, 0.25) is 5.65 Å². The third-order valence-electron chi connectivity index (χ3n) is 4.06. The topological polar surface area (TPSA) is 61.3 Å². The second-order valence-corrected chi connectivity index (χ2v) is 6.65. The maximum atomic E-state index is 12.8. The third-order valence-corrected chi connectivity index (χ3v) is 4.47. The molecule has 126 valence electrons. The molecule has 0 aliphatic carbocycles. The number of aromatic nitrogens is 4. The fourth-order valence-electron chi connectivity index (χ4n) is 2.58. The number of fused-ring (bicyclic) bond motifs is 1. The highest BCUT2D eigenvalue weighted by Crippen LogP contribution is 2.20. The van der Waals surface area contributed by atoms with Crippen molar-refractivity contribution in [3.8, 4) is 5.69 Å². The van der Waals surface area contributed by atoms with Gasteiger partial charge in [-0.3, -0.25) is 9.36 Å². The lowest BCUT2D eigenvalue weighted by atomic mass is 10.1. The first kappa shape index (κ1) is 16.5. The molecule has 0 spiro atoms. The van der Waals surface area contributed by atoms with E-state index in [2.05, 4.69) is 18.9 Å². The molecule has 0 amide bonds. The Morgan fingerprint density at radius 3 is 2.67 bits per heavy atom. The summed E-state index contributed by atoms with van der Waals surface area (Å²) in [6.45, 7) is 6.50. The van der Waals surface area contributed by atoms with Gasteiger partial charge >= 0.3 is 11.2 Å². The summed E-state index contributed by atoms with van der Waals surface area (Å²) in [4.78, 5) is 25.1. The summed E-state index contributed by atoms with van der Waals surface area (Å²) in [5.74, 6) is 0.451. The predicted molar refractivity (Wildman–Crippen MR) is 94.3 cm³/mol. The first-order valence-corrected chi connectivity index (χ1v) is 8.24. The fourth-order valence-corrected chi connectivity index (χ4v) is 2.75. The zero-order valence-electron chi connectivity index (χ0n) is 13.9. The Hall–Kier alpha value is -2.34. The van der Waals surface area contributed by atoms with Crippen LogP contribution in [0.3, 0.4) is 0 Å². The quantitative estimate of drug-likeness (QED) is 0.729. The molecule has 0 aliphatic rings. The summed E-state index contributed by atoms with van der Waals surface area (Å²) in [6, 6.07) is 5.37. The van der Waals surface area contributed by atoms with Crippen LogP contribution in [0, 0.1) is 12.8 Å². The van der Waals surface area contributed by atoms with Gasteiger partial charge in [0.15, 0.2) is 0 Å². The first-order chi connectivity index (χ1) is 11.4. The van der Waals surface area contributed by atoms with Gasteiger partial charge in [0, 0.05) is 24.0 Å². The second-order valence-electron chi connectivity index (χ2n) is 6.24. The molecule has 0 radical (unpaired) electrons. The number of aryl methyl sites for hydroxylation is 1. The van der Waals surface area contributed by atoms with Crippen molar-refractivity contribution in [1.82, 2.24) is 18.7 Å². The van der Waals surface area contributed by atoms with Crippen LogP contribution >= 0.6 is 11.6 Å². The van der Waals surface area contributed by atoms with Crippen LogP contribution < -0.4 is 11.2 Å². The van der Waals surface area contributed by atoms with Crippen LogP contribution in [0.1, 0.15) is 25.8 Å². The minimum absolute atomic E-state index is 0.116. The van der Waals surface area contributed by atoms with Crippen LogP contribution in [0.2, 0.25) is 5.02 Å². The average molecular weight is 347 g/mol. The lowest BCUT2D eigenvalue weighted by Crippen LogP contribution is -2.24. The number of rotatable bonds is 4. The minimum atomic E-state index is -0.344. The highest BCUT2D eigenvalue weighted by molar-refractivity contribution is 6.31. The van der Waals surface area contributed by atoms with Crippen molar-refractivity contribution >= 4 is 17.2 Å². The summed E-state index contributed by atoms with van der Waals surface area (Å²) >= 11 is 6.14. The van der Waals surface area contributed by atoms with Crippen LogP contribution in [-0.2, 0) is 6.54 Å². The first-order valence-electron chi connectivity index (χ1n) is 7.86. The molecule has 0 atom stereocenters. The number of halogens is 1. The van der Waals surface area contributed by atoms with Gasteiger partial charge in [-0.05, 0) is 37.0 Å². The second kappa shape index (κ2) is 6.28. The molecule has 2 heterocycles. The molecule has 0 fully saturated rings. The maximum Gasteiger partial charge on any atom is 0.350 e. The molecule has 24 heavy (non-hydrogen) atoms. The van der Waals surface area contributed by atoms with Crippen molar-refractivity contribution in [2.45, 2.75) is 33.7 Å². The van der Waals surface area contributed by atoms with Crippen molar-refractivity contribution in [3.63, 3.8) is 0 Å². The van der Waals surface area contributed by atoms with Crippen LogP contribution in [0.5, 0.6) is 0 Å². The van der Waals surface area contributed by atoms with E-state index < -0.39 is 0 Å². The van der Waals surface area contributed by atoms with Crippen molar-refractivity contribution in [1.29, 1.82) is 0 Å². The van der Waals surface area contributed by atoms with E-state index in [0.717, 1.165) is 12.0 Å². The summed E-state index contributed by atoms with van der Waals surface area (Å²) in [6.07, 6.45) is 3.97. The van der Waals surface area contributed by atoms with E-state index in [1.807, 2.05) is 13.0 Å². The van der Waals surface area contributed by atoms with Crippen LogP contribution in [0.25, 0.3) is 11.3 Å². The molecular formula is C17H19ClN4O2. The zero-order chi connectivity index (χ0) is 17.4. The van der Waals surface area contributed by atoms with Crippen LogP contribution in [0.15, 0.2) is 40.2 Å². The molecule has 0 bridgehead atoms. The molecule has 7 heteroatoms. The normalized spacial score (nSPS) is 11.5. The molecule has 3 aromatic rings. The maximum absolute atomic E-state index is 12.8. The molecule has 0 aliphatic heterocycles. The molecule has 0 saturated heterocycles. The average Bonchev–Trinajstić information content (AvgIpc) is 2.86. The van der Waals surface area contributed by atoms with Crippen LogP contribution in [-0.4, -0.2) is 18.7 Å². The van der Waals surface area contributed by atoms with E-state index in [9.17, 15) is 9.59 Å². The molecule has 6 nitrogen and oxygen atoms in total. The van der Waals surface area contributed by atoms with Gasteiger partial charge in [0.05, 0.1) is 5.69 Å². The van der Waals surface area contributed by atoms with E-state index in [1.165, 1.54) is 13.6 Å². The molecule has 0 saturated carbocycles. The van der Waals surface area contributed by atoms with Crippen molar-refractivity contribution in [2.75, 3.05) is 0 Å². The third kappa shape index (κ3) is 2.78. The number of nitrogens with zero attached hydrogens (tertiary/aromatic N) is 4. The smallest absolute Gasteiger partial charge is 0.279 e. The Labute approximate surface area is 143 Å². The molecule has 0 unspecified atom stereocenters. The SMILES string of the molecule is Cc1c(Cl)cccc1-n1ccn2c(=O)n(CCC(C)C)nc2c1=O. The fraction of sp³-hybridized carbons (Fsp3) is 0.353. The Kier molecular flexibility index (Phi) is 4.32. The predicted octanol–water partition coefficient (Wildman–Crippen LogP) is 2.65. The van der Waals surface area contributed by atoms with Crippen molar-refractivity contribution in [3.05, 3.63) is 62.0 Å². The largest absolute Gasteiger partial charge is 0.350 e. The highest BCUT2D eigenvalue weighted by Gasteiger charge is 2.14. The highest BCUT2D eigenvalue weighted by atomic mass is 35.5. The molecule has 2 aromatic heterocycles. The van der Waals surface area contributed by atoms with Gasteiger partial charge in [-0.15, -0.1) is 5.10 Å². The molecule has 1 aromatic carbocycles. The van der Waals surface area contributed by atoms with E-state index in [1.54, 1.807) is 24.5 Å². The lowest BCUT2D eigenvalue weighted by Gasteiger charge is -2.09. The number of hydrogen-bond acceptors (Lipinski definition) is 3. The number of hydrogen-bond donors (Lipinski definition) is 0. The summed E-state index contributed by atoms with van der Waals surface area (Å²) < 4.78 is 4.11. The van der Waals surface area contributed by atoms with E-state index in [-0.39, 0.29) is 16.9 Å². The Morgan fingerprint density at radius 1 is 1.21 bits per heavy atom. The van der Waals surface area contributed by atoms with E-state index >= 15 is 0 Å². The lowest BCUT2D eigenvalue weighted by molar-refractivity contribution is 0.478. The van der Waals surface area contributed by atoms with Gasteiger partial charge in [-0.25, -0.2) is 13.9 Å². The standard InChI is InChI=1S/C17H19ClN4O2/c1-11(2)7-8-22-17(24)21-10-9-20(16(23)15(21)19-22)14-6-4-5-13(18)12(14)3/h4-6,9-11H,7-8H2,1-3H3. The van der Waals surface area contributed by atoms with Gasteiger partial charge in [0.25, 0.3) is 0 Å². The van der Waals surface area contributed by atoms with Crippen LogP contribution in [0.4, 0.5) is 0 Å². The monoisotopic (exact) mass is 346 g/mol. The Morgan fingerprint density at radius 2 is 1.96 bits per heavy atom. The Bertz CT molecular complexity index is 1010.